The lowest BCUT2D eigenvalue weighted by atomic mass is 10.1. The van der Waals surface area contributed by atoms with Crippen LogP contribution in [0.1, 0.15) is 48.1 Å². The predicted molar refractivity (Wildman–Crippen MR) is 105 cm³/mol. The fraction of sp³-hybridized carbons (Fsp3) is 0.381. The van der Waals surface area contributed by atoms with Crippen molar-refractivity contribution in [3.8, 4) is 0 Å². The molecule has 1 N–H and O–H groups in total. The second kappa shape index (κ2) is 7.48. The Balaban J connectivity index is 1.50. The Kier molecular flexibility index (Phi) is 4.90. The first-order chi connectivity index (χ1) is 13.1. The maximum absolute atomic E-state index is 12.5. The van der Waals surface area contributed by atoms with Crippen molar-refractivity contribution >= 4 is 0 Å². The minimum absolute atomic E-state index is 0.00573. The molecule has 1 aromatic carbocycles. The Labute approximate surface area is 158 Å². The van der Waals surface area contributed by atoms with Crippen molar-refractivity contribution in [2.45, 2.75) is 45.8 Å². The molecule has 0 amide bonds. The zero-order valence-electron chi connectivity index (χ0n) is 15.9. The molecule has 140 valence electrons. The molecular weight excluding hydrogens is 338 g/mol. The number of nitrogens with zero attached hydrogens (tertiary/aromatic N) is 4. The van der Waals surface area contributed by atoms with Crippen LogP contribution in [0.5, 0.6) is 0 Å². The first kappa shape index (κ1) is 17.7. The van der Waals surface area contributed by atoms with E-state index in [2.05, 4.69) is 48.7 Å². The topological polar surface area (TPSA) is 66.8 Å². The summed E-state index contributed by atoms with van der Waals surface area (Å²) < 4.78 is 2.18. The van der Waals surface area contributed by atoms with Crippen LogP contribution >= 0.6 is 0 Å². The molecule has 0 aliphatic carbocycles. The highest BCUT2D eigenvalue weighted by Gasteiger charge is 2.22. The molecule has 3 heterocycles. The number of nitrogens with one attached hydrogen (secondary N) is 1. The van der Waals surface area contributed by atoms with Crippen LogP contribution in [0.3, 0.4) is 0 Å². The van der Waals surface area contributed by atoms with Gasteiger partial charge in [-0.1, -0.05) is 44.2 Å². The first-order valence-corrected chi connectivity index (χ1v) is 9.47. The Morgan fingerprint density at radius 1 is 1.19 bits per heavy atom. The summed E-state index contributed by atoms with van der Waals surface area (Å²) in [7, 11) is 0. The Bertz CT molecular complexity index is 974. The second-order valence-electron chi connectivity index (χ2n) is 7.49. The number of aromatic amines is 1. The number of imidazole rings is 1. The van der Waals surface area contributed by atoms with Gasteiger partial charge in [-0.15, -0.1) is 0 Å². The third-order valence-electron chi connectivity index (χ3n) is 5.09. The third kappa shape index (κ3) is 3.85. The van der Waals surface area contributed by atoms with Crippen LogP contribution in [0.25, 0.3) is 0 Å². The fourth-order valence-electron chi connectivity index (χ4n) is 3.54. The van der Waals surface area contributed by atoms with Gasteiger partial charge < -0.3 is 9.55 Å². The lowest BCUT2D eigenvalue weighted by molar-refractivity contribution is 0.235. The molecule has 1 aliphatic heterocycles. The van der Waals surface area contributed by atoms with Crippen molar-refractivity contribution in [3.63, 3.8) is 0 Å². The molecule has 4 rings (SSSR count). The molecule has 3 aromatic rings. The molecule has 6 heteroatoms. The molecule has 0 saturated carbocycles. The van der Waals surface area contributed by atoms with Gasteiger partial charge in [0.25, 0.3) is 5.56 Å². The lowest BCUT2D eigenvalue weighted by Gasteiger charge is -2.28. The molecule has 0 spiro atoms. The Morgan fingerprint density at radius 2 is 2.00 bits per heavy atom. The molecule has 6 nitrogen and oxygen atoms in total. The van der Waals surface area contributed by atoms with Crippen LogP contribution in [0.2, 0.25) is 0 Å². The number of aromatic nitrogens is 4. The van der Waals surface area contributed by atoms with E-state index in [9.17, 15) is 4.79 Å². The average Bonchev–Trinajstić information content (AvgIpc) is 3.09. The zero-order valence-corrected chi connectivity index (χ0v) is 15.9. The van der Waals surface area contributed by atoms with Gasteiger partial charge in [-0.05, 0) is 5.56 Å². The van der Waals surface area contributed by atoms with E-state index in [4.69, 9.17) is 0 Å². The Hall–Kier alpha value is -2.73. The molecule has 0 radical (unpaired) electrons. The number of hydrogen-bond acceptors (Lipinski definition) is 4. The number of hydrogen-bond donors (Lipinski definition) is 1. The van der Waals surface area contributed by atoms with E-state index < -0.39 is 0 Å². The summed E-state index contributed by atoms with van der Waals surface area (Å²) in [6.07, 6.45) is 4.61. The monoisotopic (exact) mass is 363 g/mol. The lowest BCUT2D eigenvalue weighted by Crippen LogP contribution is -2.36. The SMILES string of the molecule is CC(C)c1nc2c(c(=O)[nH]1)CN(Cc1cncn1Cc1ccccc1)CC2. The Morgan fingerprint density at radius 3 is 2.78 bits per heavy atom. The van der Waals surface area contributed by atoms with Gasteiger partial charge in [0, 0.05) is 44.7 Å². The van der Waals surface area contributed by atoms with Crippen LogP contribution in [0.4, 0.5) is 0 Å². The molecule has 27 heavy (non-hydrogen) atoms. The number of rotatable bonds is 5. The van der Waals surface area contributed by atoms with Gasteiger partial charge in [-0.25, -0.2) is 9.97 Å². The van der Waals surface area contributed by atoms with Gasteiger partial charge in [0.1, 0.15) is 5.82 Å². The van der Waals surface area contributed by atoms with Crippen molar-refractivity contribution < 1.29 is 0 Å². The van der Waals surface area contributed by atoms with Crippen molar-refractivity contribution in [2.75, 3.05) is 6.54 Å². The van der Waals surface area contributed by atoms with Crippen molar-refractivity contribution in [1.82, 2.24) is 24.4 Å². The highest BCUT2D eigenvalue weighted by atomic mass is 16.1. The normalized spacial score (nSPS) is 14.5. The summed E-state index contributed by atoms with van der Waals surface area (Å²) in [5.41, 5.74) is 4.18. The predicted octanol–water partition coefficient (Wildman–Crippen LogP) is 2.70. The smallest absolute Gasteiger partial charge is 0.255 e. The van der Waals surface area contributed by atoms with Gasteiger partial charge in [-0.3, -0.25) is 9.69 Å². The summed E-state index contributed by atoms with van der Waals surface area (Å²) in [5, 5.41) is 0. The summed E-state index contributed by atoms with van der Waals surface area (Å²) in [6.45, 7) is 7.21. The van der Waals surface area contributed by atoms with Crippen LogP contribution < -0.4 is 5.56 Å². The standard InChI is InChI=1S/C21H25N5O/c1-15(2)20-23-19-8-9-25(13-18(19)21(27)24-20)12-17-10-22-14-26(17)11-16-6-4-3-5-7-16/h3-7,10,14-15H,8-9,11-13H2,1-2H3,(H,23,24,27). The van der Waals surface area contributed by atoms with Crippen LogP contribution in [0, 0.1) is 0 Å². The van der Waals surface area contributed by atoms with Crippen LogP contribution in [-0.4, -0.2) is 31.0 Å². The molecule has 0 fully saturated rings. The fourth-order valence-corrected chi connectivity index (χ4v) is 3.54. The first-order valence-electron chi connectivity index (χ1n) is 9.47. The highest BCUT2D eigenvalue weighted by molar-refractivity contribution is 5.22. The minimum Gasteiger partial charge on any atom is -0.329 e. The van der Waals surface area contributed by atoms with E-state index >= 15 is 0 Å². The van der Waals surface area contributed by atoms with E-state index in [0.717, 1.165) is 48.8 Å². The molecule has 0 unspecified atom stereocenters. The van der Waals surface area contributed by atoms with E-state index in [1.165, 1.54) is 5.56 Å². The van der Waals surface area contributed by atoms with E-state index in [-0.39, 0.29) is 11.5 Å². The van der Waals surface area contributed by atoms with Gasteiger partial charge in [0.05, 0.1) is 23.3 Å². The number of fused-ring (bicyclic) bond motifs is 1. The summed E-state index contributed by atoms with van der Waals surface area (Å²) in [5.74, 6) is 1.02. The molecule has 0 atom stereocenters. The quantitative estimate of drug-likeness (QED) is 0.757. The van der Waals surface area contributed by atoms with Crippen LogP contribution in [-0.2, 0) is 26.1 Å². The summed E-state index contributed by atoms with van der Waals surface area (Å²) >= 11 is 0. The largest absolute Gasteiger partial charge is 0.329 e. The van der Waals surface area contributed by atoms with Gasteiger partial charge in [-0.2, -0.15) is 0 Å². The summed E-state index contributed by atoms with van der Waals surface area (Å²) in [4.78, 5) is 26.8. The van der Waals surface area contributed by atoms with Crippen LogP contribution in [0.15, 0.2) is 47.7 Å². The maximum Gasteiger partial charge on any atom is 0.255 e. The third-order valence-corrected chi connectivity index (χ3v) is 5.09. The second-order valence-corrected chi connectivity index (χ2v) is 7.49. The van der Waals surface area contributed by atoms with Gasteiger partial charge in [0.2, 0.25) is 0 Å². The van der Waals surface area contributed by atoms with Crippen molar-refractivity contribution in [3.05, 3.63) is 81.5 Å². The number of benzene rings is 1. The average molecular weight is 363 g/mol. The van der Waals surface area contributed by atoms with E-state index in [1.807, 2.05) is 32.4 Å². The maximum atomic E-state index is 12.5. The van der Waals surface area contributed by atoms with E-state index in [1.54, 1.807) is 0 Å². The zero-order chi connectivity index (χ0) is 18.8. The highest BCUT2D eigenvalue weighted by Crippen LogP contribution is 2.18. The minimum atomic E-state index is 0.00573. The van der Waals surface area contributed by atoms with Gasteiger partial charge >= 0.3 is 0 Å². The summed E-state index contributed by atoms with van der Waals surface area (Å²) in [6, 6.07) is 10.4. The molecule has 0 bridgehead atoms. The molecular formula is C21H25N5O. The van der Waals surface area contributed by atoms with E-state index in [0.29, 0.717) is 6.54 Å². The van der Waals surface area contributed by atoms with Gasteiger partial charge in [0.15, 0.2) is 0 Å². The van der Waals surface area contributed by atoms with Crippen molar-refractivity contribution in [1.29, 1.82) is 0 Å². The molecule has 2 aromatic heterocycles. The molecule has 0 saturated heterocycles. The number of H-pyrrole nitrogens is 1. The van der Waals surface area contributed by atoms with Crippen molar-refractivity contribution in [2.24, 2.45) is 0 Å². The molecule has 1 aliphatic rings.